The van der Waals surface area contributed by atoms with E-state index in [2.05, 4.69) is 70.5 Å². The topological polar surface area (TPSA) is 30.4 Å². The Labute approximate surface area is 191 Å². The molecule has 0 fully saturated rings. The molecule has 0 saturated carbocycles. The lowest BCUT2D eigenvalue weighted by molar-refractivity contribution is 0.669. The van der Waals surface area contributed by atoms with Crippen LogP contribution >= 0.6 is 0 Å². The van der Waals surface area contributed by atoms with Gasteiger partial charge in [0.2, 0.25) is 5.69 Å². The van der Waals surface area contributed by atoms with Crippen molar-refractivity contribution in [3.8, 4) is 33.4 Å². The van der Waals surface area contributed by atoms with Crippen molar-refractivity contribution in [3.63, 3.8) is 0 Å². The van der Waals surface area contributed by atoms with E-state index in [1.807, 2.05) is 36.4 Å². The number of hydrogen-bond donors (Lipinski definition) is 0. The van der Waals surface area contributed by atoms with Crippen LogP contribution in [0.4, 0.5) is 5.69 Å². The maximum Gasteiger partial charge on any atom is 0.205 e. The fourth-order valence-electron chi connectivity index (χ4n) is 4.29. The monoisotopic (exact) mass is 422 g/mol. The molecule has 0 aliphatic heterocycles. The van der Waals surface area contributed by atoms with E-state index in [-0.39, 0.29) is 0 Å². The van der Waals surface area contributed by atoms with Gasteiger partial charge in [-0.2, -0.15) is 0 Å². The van der Waals surface area contributed by atoms with Gasteiger partial charge in [0.25, 0.3) is 0 Å². The number of hydrogen-bond acceptors (Lipinski definition) is 2. The highest BCUT2D eigenvalue weighted by atomic mass is 16.3. The number of furan rings is 1. The van der Waals surface area contributed by atoms with E-state index in [0.29, 0.717) is 5.69 Å². The van der Waals surface area contributed by atoms with Crippen LogP contribution in [0.5, 0.6) is 0 Å². The quantitative estimate of drug-likeness (QED) is 0.268. The third kappa shape index (κ3) is 3.44. The minimum Gasteiger partial charge on any atom is -0.456 e. The van der Waals surface area contributed by atoms with Gasteiger partial charge in [0, 0.05) is 23.2 Å². The van der Waals surface area contributed by atoms with Gasteiger partial charge in [-0.3, -0.25) is 4.98 Å². The van der Waals surface area contributed by atoms with Crippen molar-refractivity contribution in [3.05, 3.63) is 121 Å². The zero-order valence-electron chi connectivity index (χ0n) is 17.7. The largest absolute Gasteiger partial charge is 0.456 e. The van der Waals surface area contributed by atoms with Crippen LogP contribution in [-0.2, 0) is 0 Å². The van der Waals surface area contributed by atoms with Crippen molar-refractivity contribution in [2.45, 2.75) is 0 Å². The molecule has 0 amide bonds. The van der Waals surface area contributed by atoms with Gasteiger partial charge in [-0.25, -0.2) is 4.85 Å². The standard InChI is InChI=1S/C30H18N2O/c1-31-26-15-25(18-32-19-26)22-9-5-8-21(14-22)24-11-13-28-27-12-10-23(20-6-3-2-4-7-20)16-29(27)33-30(28)17-24/h2-19H. The summed E-state index contributed by atoms with van der Waals surface area (Å²) in [5.74, 6) is 0. The summed E-state index contributed by atoms with van der Waals surface area (Å²) in [6.07, 6.45) is 3.37. The zero-order valence-corrected chi connectivity index (χ0v) is 17.7. The predicted octanol–water partition coefficient (Wildman–Crippen LogP) is 8.53. The smallest absolute Gasteiger partial charge is 0.205 e. The fourth-order valence-corrected chi connectivity index (χ4v) is 4.29. The second-order valence-corrected chi connectivity index (χ2v) is 8.01. The molecule has 0 atom stereocenters. The Bertz CT molecular complexity index is 1670. The van der Waals surface area contributed by atoms with Gasteiger partial charge in [-0.15, -0.1) is 0 Å². The minimum atomic E-state index is 0.538. The van der Waals surface area contributed by atoms with Crippen LogP contribution in [0.3, 0.4) is 0 Å². The Morgan fingerprint density at radius 1 is 0.545 bits per heavy atom. The molecule has 0 bridgehead atoms. The van der Waals surface area contributed by atoms with E-state index in [9.17, 15) is 0 Å². The first-order chi connectivity index (χ1) is 16.3. The van der Waals surface area contributed by atoms with Crippen LogP contribution in [0.15, 0.2) is 114 Å². The maximum atomic E-state index is 7.24. The molecular weight excluding hydrogens is 404 g/mol. The Morgan fingerprint density at radius 2 is 1.15 bits per heavy atom. The predicted molar refractivity (Wildman–Crippen MR) is 134 cm³/mol. The Kier molecular flexibility index (Phi) is 4.49. The molecule has 2 heterocycles. The minimum absolute atomic E-state index is 0.538. The molecule has 0 N–H and O–H groups in total. The van der Waals surface area contributed by atoms with Crippen LogP contribution in [0.2, 0.25) is 0 Å². The van der Waals surface area contributed by atoms with Crippen LogP contribution in [-0.4, -0.2) is 4.98 Å². The molecule has 0 radical (unpaired) electrons. The van der Waals surface area contributed by atoms with E-state index in [0.717, 1.165) is 49.8 Å². The van der Waals surface area contributed by atoms with Crippen molar-refractivity contribution in [1.29, 1.82) is 0 Å². The fraction of sp³-hybridized carbons (Fsp3) is 0. The molecule has 0 aliphatic rings. The molecule has 33 heavy (non-hydrogen) atoms. The van der Waals surface area contributed by atoms with Crippen molar-refractivity contribution in [2.75, 3.05) is 0 Å². The van der Waals surface area contributed by atoms with E-state index < -0.39 is 0 Å². The first-order valence-electron chi connectivity index (χ1n) is 10.7. The molecule has 4 aromatic carbocycles. The summed E-state index contributed by atoms with van der Waals surface area (Å²) >= 11 is 0. The van der Waals surface area contributed by atoms with E-state index >= 15 is 0 Å². The molecule has 3 heteroatoms. The van der Waals surface area contributed by atoms with Gasteiger partial charge < -0.3 is 4.42 Å². The summed E-state index contributed by atoms with van der Waals surface area (Å²) in [6, 6.07) is 33.3. The maximum absolute atomic E-state index is 7.24. The highest BCUT2D eigenvalue weighted by Gasteiger charge is 2.11. The van der Waals surface area contributed by atoms with Crippen LogP contribution in [0.25, 0.3) is 60.2 Å². The average Bonchev–Trinajstić information content (AvgIpc) is 3.26. The molecule has 6 aromatic rings. The molecule has 0 spiro atoms. The number of pyridine rings is 1. The van der Waals surface area contributed by atoms with Gasteiger partial charge in [0.05, 0.1) is 6.57 Å². The molecule has 0 aliphatic carbocycles. The summed E-state index contributed by atoms with van der Waals surface area (Å²) in [4.78, 5) is 7.69. The van der Waals surface area contributed by atoms with Gasteiger partial charge in [0.1, 0.15) is 11.2 Å². The zero-order chi connectivity index (χ0) is 22.2. The van der Waals surface area contributed by atoms with Crippen molar-refractivity contribution in [1.82, 2.24) is 4.98 Å². The second kappa shape index (κ2) is 7.78. The van der Waals surface area contributed by atoms with Crippen LogP contribution < -0.4 is 0 Å². The van der Waals surface area contributed by atoms with Crippen molar-refractivity contribution < 1.29 is 4.42 Å². The average molecular weight is 422 g/mol. The van der Waals surface area contributed by atoms with Gasteiger partial charge >= 0.3 is 0 Å². The summed E-state index contributed by atoms with van der Waals surface area (Å²) < 4.78 is 6.28. The number of benzene rings is 4. The summed E-state index contributed by atoms with van der Waals surface area (Å²) in [5, 5.41) is 2.23. The Hall–Kier alpha value is -4.68. The third-order valence-electron chi connectivity index (χ3n) is 5.96. The van der Waals surface area contributed by atoms with E-state index in [1.165, 1.54) is 5.56 Å². The highest BCUT2D eigenvalue weighted by Crippen LogP contribution is 2.35. The SMILES string of the molecule is [C-]#[N+]c1cncc(-c2cccc(-c3ccc4c(c3)oc3cc(-c5ccccc5)ccc34)c2)c1. The second-order valence-electron chi connectivity index (χ2n) is 8.01. The highest BCUT2D eigenvalue weighted by molar-refractivity contribution is 6.07. The summed E-state index contributed by atoms with van der Waals surface area (Å²) in [6.45, 7) is 7.24. The number of nitrogens with zero attached hydrogens (tertiary/aromatic N) is 2. The van der Waals surface area contributed by atoms with Crippen LogP contribution in [0.1, 0.15) is 0 Å². The number of fused-ring (bicyclic) bond motifs is 3. The van der Waals surface area contributed by atoms with E-state index in [4.69, 9.17) is 11.0 Å². The van der Waals surface area contributed by atoms with E-state index in [1.54, 1.807) is 12.4 Å². The first kappa shape index (κ1) is 19.0. The molecule has 3 nitrogen and oxygen atoms in total. The molecule has 0 unspecified atom stereocenters. The van der Waals surface area contributed by atoms with Gasteiger partial charge in [-0.05, 0) is 69.8 Å². The lowest BCUT2D eigenvalue weighted by atomic mass is 9.98. The Morgan fingerprint density at radius 3 is 1.85 bits per heavy atom. The van der Waals surface area contributed by atoms with Crippen molar-refractivity contribution >= 4 is 27.6 Å². The van der Waals surface area contributed by atoms with Gasteiger partial charge in [-0.1, -0.05) is 60.7 Å². The molecule has 6 rings (SSSR count). The molecule has 2 aromatic heterocycles. The summed E-state index contributed by atoms with van der Waals surface area (Å²) in [7, 11) is 0. The molecule has 0 saturated heterocycles. The lowest BCUT2D eigenvalue weighted by Gasteiger charge is -2.06. The normalized spacial score (nSPS) is 11.0. The molecular formula is C30H18N2O. The third-order valence-corrected chi connectivity index (χ3v) is 5.96. The van der Waals surface area contributed by atoms with Gasteiger partial charge in [0.15, 0.2) is 0 Å². The van der Waals surface area contributed by atoms with Crippen LogP contribution in [0, 0.1) is 6.57 Å². The number of aromatic nitrogens is 1. The van der Waals surface area contributed by atoms with Crippen molar-refractivity contribution in [2.24, 2.45) is 0 Å². The first-order valence-corrected chi connectivity index (χ1v) is 10.7. The number of rotatable bonds is 3. The molecule has 154 valence electrons. The summed E-state index contributed by atoms with van der Waals surface area (Å²) in [5.41, 5.74) is 8.75. The Balaban J connectivity index is 1.42. The lowest BCUT2D eigenvalue weighted by Crippen LogP contribution is -1.82.